The Morgan fingerprint density at radius 3 is 2.23 bits per heavy atom. The Kier molecular flexibility index (Phi) is 3.39. The molecule has 1 N–H and O–H groups in total. The van der Waals surface area contributed by atoms with E-state index in [1.54, 1.807) is 0 Å². The Hall–Kier alpha value is -0.0400. The van der Waals surface area contributed by atoms with Crippen LogP contribution in [0.15, 0.2) is 0 Å². The fourth-order valence-electron chi connectivity index (χ4n) is 2.25. The molecule has 78 valence electrons. The molecule has 3 unspecified atom stereocenters. The van der Waals surface area contributed by atoms with Crippen molar-refractivity contribution in [2.24, 2.45) is 17.3 Å². The first-order valence-corrected chi connectivity index (χ1v) is 5.58. The van der Waals surface area contributed by atoms with Crippen LogP contribution in [0.4, 0.5) is 0 Å². The van der Waals surface area contributed by atoms with Gasteiger partial charge in [-0.25, -0.2) is 0 Å². The van der Waals surface area contributed by atoms with Gasteiger partial charge in [0.15, 0.2) is 0 Å². The summed E-state index contributed by atoms with van der Waals surface area (Å²) in [5, 5.41) is 9.60. The molecular weight excluding hydrogens is 160 g/mol. The van der Waals surface area contributed by atoms with Crippen LogP contribution in [0, 0.1) is 17.3 Å². The van der Waals surface area contributed by atoms with E-state index < -0.39 is 0 Å². The van der Waals surface area contributed by atoms with E-state index in [1.165, 1.54) is 19.3 Å². The van der Waals surface area contributed by atoms with Crippen molar-refractivity contribution in [1.82, 2.24) is 0 Å². The van der Waals surface area contributed by atoms with Gasteiger partial charge in [-0.15, -0.1) is 0 Å². The fraction of sp³-hybridized carbons (Fsp3) is 1.00. The van der Waals surface area contributed by atoms with Gasteiger partial charge in [0.1, 0.15) is 0 Å². The summed E-state index contributed by atoms with van der Waals surface area (Å²) >= 11 is 0. The zero-order valence-corrected chi connectivity index (χ0v) is 9.51. The zero-order valence-electron chi connectivity index (χ0n) is 9.51. The summed E-state index contributed by atoms with van der Waals surface area (Å²) in [7, 11) is 0. The molecule has 1 aliphatic carbocycles. The molecule has 1 aliphatic rings. The topological polar surface area (TPSA) is 20.2 Å². The maximum absolute atomic E-state index is 9.60. The Bertz CT molecular complexity index is 157. The molecule has 0 aromatic rings. The standard InChI is InChI=1S/C12H24O/c1-9-10(5-6-11(9)13)7-8-12(2,3)4/h9-11,13H,5-8H2,1-4H3. The summed E-state index contributed by atoms with van der Waals surface area (Å²) in [6.07, 6.45) is 4.81. The van der Waals surface area contributed by atoms with Gasteiger partial charge in [-0.05, 0) is 42.9 Å². The van der Waals surface area contributed by atoms with Gasteiger partial charge in [0, 0.05) is 0 Å². The summed E-state index contributed by atoms with van der Waals surface area (Å²) in [6.45, 7) is 9.08. The molecule has 0 radical (unpaired) electrons. The SMILES string of the molecule is CC1C(O)CCC1CCC(C)(C)C. The van der Waals surface area contributed by atoms with E-state index in [0.29, 0.717) is 11.3 Å². The summed E-state index contributed by atoms with van der Waals surface area (Å²) in [5.74, 6) is 1.30. The lowest BCUT2D eigenvalue weighted by molar-refractivity contribution is 0.123. The van der Waals surface area contributed by atoms with Gasteiger partial charge in [-0.3, -0.25) is 0 Å². The molecule has 0 saturated heterocycles. The molecule has 1 nitrogen and oxygen atoms in total. The van der Waals surface area contributed by atoms with Gasteiger partial charge in [0.25, 0.3) is 0 Å². The van der Waals surface area contributed by atoms with E-state index in [0.717, 1.165) is 12.3 Å². The molecular formula is C12H24O. The molecule has 0 aromatic heterocycles. The Morgan fingerprint density at radius 2 is 1.85 bits per heavy atom. The number of hydrogen-bond acceptors (Lipinski definition) is 1. The van der Waals surface area contributed by atoms with Crippen LogP contribution in [0.2, 0.25) is 0 Å². The Balaban J connectivity index is 2.30. The molecule has 1 heteroatoms. The highest BCUT2D eigenvalue weighted by Crippen LogP contribution is 2.37. The van der Waals surface area contributed by atoms with E-state index in [1.807, 2.05) is 0 Å². The van der Waals surface area contributed by atoms with E-state index >= 15 is 0 Å². The number of hydrogen-bond donors (Lipinski definition) is 1. The van der Waals surface area contributed by atoms with Gasteiger partial charge in [-0.2, -0.15) is 0 Å². The van der Waals surface area contributed by atoms with Gasteiger partial charge in [0.05, 0.1) is 6.10 Å². The average molecular weight is 184 g/mol. The van der Waals surface area contributed by atoms with Gasteiger partial charge in [0.2, 0.25) is 0 Å². The monoisotopic (exact) mass is 184 g/mol. The molecule has 0 aromatic carbocycles. The Morgan fingerprint density at radius 1 is 1.23 bits per heavy atom. The van der Waals surface area contributed by atoms with Crippen LogP contribution >= 0.6 is 0 Å². The zero-order chi connectivity index (χ0) is 10.1. The van der Waals surface area contributed by atoms with Gasteiger partial charge >= 0.3 is 0 Å². The first kappa shape index (κ1) is 11.0. The normalized spacial score (nSPS) is 35.3. The fourth-order valence-corrected chi connectivity index (χ4v) is 2.25. The van der Waals surface area contributed by atoms with Crippen molar-refractivity contribution < 1.29 is 5.11 Å². The van der Waals surface area contributed by atoms with E-state index in [-0.39, 0.29) is 6.10 Å². The van der Waals surface area contributed by atoms with Crippen LogP contribution in [0.25, 0.3) is 0 Å². The van der Waals surface area contributed by atoms with E-state index in [9.17, 15) is 5.11 Å². The van der Waals surface area contributed by atoms with Crippen molar-refractivity contribution in [1.29, 1.82) is 0 Å². The molecule has 3 atom stereocenters. The third kappa shape index (κ3) is 3.30. The van der Waals surface area contributed by atoms with E-state index in [2.05, 4.69) is 27.7 Å². The Labute approximate surface area is 82.5 Å². The third-order valence-electron chi connectivity index (χ3n) is 3.45. The minimum absolute atomic E-state index is 0.0232. The van der Waals surface area contributed by atoms with Crippen molar-refractivity contribution in [2.75, 3.05) is 0 Å². The first-order chi connectivity index (χ1) is 5.90. The van der Waals surface area contributed by atoms with Crippen LogP contribution in [0.3, 0.4) is 0 Å². The number of aliphatic hydroxyl groups excluding tert-OH is 1. The molecule has 1 rings (SSSR count). The minimum Gasteiger partial charge on any atom is -0.393 e. The average Bonchev–Trinajstić information content (AvgIpc) is 2.29. The predicted molar refractivity (Wildman–Crippen MR) is 56.6 cm³/mol. The van der Waals surface area contributed by atoms with Gasteiger partial charge < -0.3 is 5.11 Å². The maximum atomic E-state index is 9.60. The van der Waals surface area contributed by atoms with Crippen molar-refractivity contribution in [3.63, 3.8) is 0 Å². The molecule has 0 bridgehead atoms. The molecule has 13 heavy (non-hydrogen) atoms. The van der Waals surface area contributed by atoms with Crippen LogP contribution < -0.4 is 0 Å². The summed E-state index contributed by atoms with van der Waals surface area (Å²) in [6, 6.07) is 0. The quantitative estimate of drug-likeness (QED) is 0.698. The highest BCUT2D eigenvalue weighted by Gasteiger charge is 2.31. The highest BCUT2D eigenvalue weighted by molar-refractivity contribution is 4.82. The van der Waals surface area contributed by atoms with Crippen molar-refractivity contribution >= 4 is 0 Å². The molecule has 0 amide bonds. The lowest BCUT2D eigenvalue weighted by Gasteiger charge is -2.23. The second kappa shape index (κ2) is 4.00. The molecule has 1 saturated carbocycles. The molecule has 0 spiro atoms. The lowest BCUT2D eigenvalue weighted by atomic mass is 9.83. The van der Waals surface area contributed by atoms with Crippen molar-refractivity contribution in [3.05, 3.63) is 0 Å². The largest absolute Gasteiger partial charge is 0.393 e. The maximum Gasteiger partial charge on any atom is 0.0568 e. The number of aliphatic hydroxyl groups is 1. The smallest absolute Gasteiger partial charge is 0.0568 e. The van der Waals surface area contributed by atoms with Crippen molar-refractivity contribution in [2.45, 2.75) is 59.5 Å². The third-order valence-corrected chi connectivity index (χ3v) is 3.45. The molecule has 0 aliphatic heterocycles. The van der Waals surface area contributed by atoms with Crippen molar-refractivity contribution in [3.8, 4) is 0 Å². The van der Waals surface area contributed by atoms with Crippen LogP contribution in [0.1, 0.15) is 53.4 Å². The molecule has 1 fully saturated rings. The van der Waals surface area contributed by atoms with Gasteiger partial charge in [-0.1, -0.05) is 27.7 Å². The number of rotatable bonds is 2. The van der Waals surface area contributed by atoms with Crippen LogP contribution in [-0.4, -0.2) is 11.2 Å². The summed E-state index contributed by atoms with van der Waals surface area (Å²) in [5.41, 5.74) is 0.452. The first-order valence-electron chi connectivity index (χ1n) is 5.58. The predicted octanol–water partition coefficient (Wildman–Crippen LogP) is 3.22. The van der Waals surface area contributed by atoms with E-state index in [4.69, 9.17) is 0 Å². The summed E-state index contributed by atoms with van der Waals surface area (Å²) < 4.78 is 0. The van der Waals surface area contributed by atoms with Crippen LogP contribution in [-0.2, 0) is 0 Å². The second-order valence-corrected chi connectivity index (χ2v) is 5.86. The molecule has 0 heterocycles. The lowest BCUT2D eigenvalue weighted by Crippen LogP contribution is -2.17. The second-order valence-electron chi connectivity index (χ2n) is 5.86. The highest BCUT2D eigenvalue weighted by atomic mass is 16.3. The summed E-state index contributed by atoms with van der Waals surface area (Å²) in [4.78, 5) is 0. The van der Waals surface area contributed by atoms with Crippen LogP contribution in [0.5, 0.6) is 0 Å². The minimum atomic E-state index is -0.0232.